The van der Waals surface area contributed by atoms with Crippen molar-refractivity contribution in [2.24, 2.45) is 5.92 Å². The Hall–Kier alpha value is -1.76. The van der Waals surface area contributed by atoms with E-state index in [0.717, 1.165) is 30.6 Å². The van der Waals surface area contributed by atoms with E-state index < -0.39 is 0 Å². The van der Waals surface area contributed by atoms with Crippen molar-refractivity contribution in [3.05, 3.63) is 54.1 Å². The monoisotopic (exact) mass is 448 g/mol. The molecule has 0 atom stereocenters. The van der Waals surface area contributed by atoms with Gasteiger partial charge in [0.05, 0.1) is 6.61 Å². The minimum absolute atomic E-state index is 0.767. The van der Waals surface area contributed by atoms with Gasteiger partial charge in [-0.2, -0.15) is 0 Å². The van der Waals surface area contributed by atoms with E-state index in [0.29, 0.717) is 0 Å². The molecule has 0 bridgehead atoms. The molecule has 3 rings (SSSR count). The van der Waals surface area contributed by atoms with Gasteiger partial charge in [0.2, 0.25) is 0 Å². The van der Waals surface area contributed by atoms with Crippen LogP contribution in [0, 0.1) is 5.92 Å². The largest absolute Gasteiger partial charge is 0.494 e. The van der Waals surface area contributed by atoms with Gasteiger partial charge in [0.15, 0.2) is 0 Å². The van der Waals surface area contributed by atoms with Crippen LogP contribution in [-0.2, 0) is 0 Å². The predicted octanol–water partition coefficient (Wildman–Crippen LogP) is 10.3. The Morgan fingerprint density at radius 3 is 1.76 bits per heavy atom. The minimum Gasteiger partial charge on any atom is -0.494 e. The van der Waals surface area contributed by atoms with E-state index in [2.05, 4.69) is 62.4 Å². The molecule has 0 aromatic heterocycles. The van der Waals surface area contributed by atoms with Gasteiger partial charge >= 0.3 is 0 Å². The molecule has 0 spiro atoms. The van der Waals surface area contributed by atoms with Crippen LogP contribution in [0.25, 0.3) is 11.1 Å². The van der Waals surface area contributed by atoms with Crippen LogP contribution >= 0.6 is 0 Å². The average Bonchev–Trinajstić information content (AvgIpc) is 2.87. The molecule has 0 amide bonds. The fraction of sp³-hybridized carbons (Fsp3) is 0.625. The van der Waals surface area contributed by atoms with Crippen molar-refractivity contribution in [2.45, 2.75) is 116 Å². The highest BCUT2D eigenvalue weighted by molar-refractivity contribution is 5.64. The fourth-order valence-electron chi connectivity index (χ4n) is 5.41. The summed E-state index contributed by atoms with van der Waals surface area (Å²) in [6.45, 7) is 5.39. The molecule has 2 aromatic carbocycles. The van der Waals surface area contributed by atoms with Crippen molar-refractivity contribution in [3.63, 3.8) is 0 Å². The van der Waals surface area contributed by atoms with Crippen LogP contribution in [0.5, 0.6) is 5.75 Å². The summed E-state index contributed by atoms with van der Waals surface area (Å²) in [7, 11) is 0. The zero-order valence-corrected chi connectivity index (χ0v) is 21.5. The minimum atomic E-state index is 0.767. The Labute approximate surface area is 204 Å². The molecule has 2 aromatic rings. The number of benzene rings is 2. The second-order valence-corrected chi connectivity index (χ2v) is 10.3. The van der Waals surface area contributed by atoms with Crippen LogP contribution in [-0.4, -0.2) is 6.61 Å². The first-order valence-electron chi connectivity index (χ1n) is 14.1. The van der Waals surface area contributed by atoms with Crippen molar-refractivity contribution >= 4 is 0 Å². The van der Waals surface area contributed by atoms with Crippen molar-refractivity contribution < 1.29 is 4.74 Å². The highest BCUT2D eigenvalue weighted by Gasteiger charge is 2.22. The first kappa shape index (κ1) is 25.9. The van der Waals surface area contributed by atoms with Crippen LogP contribution < -0.4 is 4.74 Å². The maximum absolute atomic E-state index is 5.93. The number of ether oxygens (including phenoxy) is 1. The Morgan fingerprint density at radius 1 is 0.606 bits per heavy atom. The maximum Gasteiger partial charge on any atom is 0.119 e. The lowest BCUT2D eigenvalue weighted by atomic mass is 9.77. The highest BCUT2D eigenvalue weighted by Crippen LogP contribution is 2.38. The van der Waals surface area contributed by atoms with Gasteiger partial charge in [-0.25, -0.2) is 0 Å². The number of unbranched alkanes of at least 4 members (excludes halogenated alkanes) is 8. The Morgan fingerprint density at radius 2 is 1.15 bits per heavy atom. The van der Waals surface area contributed by atoms with Crippen molar-refractivity contribution in [3.8, 4) is 16.9 Å². The first-order chi connectivity index (χ1) is 16.3. The predicted molar refractivity (Wildman–Crippen MR) is 144 cm³/mol. The molecule has 1 aliphatic carbocycles. The van der Waals surface area contributed by atoms with Crippen LogP contribution in [0.4, 0.5) is 0 Å². The van der Waals surface area contributed by atoms with Crippen LogP contribution in [0.15, 0.2) is 48.5 Å². The van der Waals surface area contributed by atoms with Crippen LogP contribution in [0.2, 0.25) is 0 Å². The summed E-state index contributed by atoms with van der Waals surface area (Å²) in [5.41, 5.74) is 4.14. The Bertz CT molecular complexity index is 737. The number of hydrogen-bond acceptors (Lipinski definition) is 1. The molecule has 0 heterocycles. The zero-order valence-electron chi connectivity index (χ0n) is 21.5. The van der Waals surface area contributed by atoms with Gasteiger partial charge in [-0.05, 0) is 72.8 Å². The summed E-state index contributed by atoms with van der Waals surface area (Å²) in [6, 6.07) is 18.0. The molecule has 0 aliphatic heterocycles. The summed E-state index contributed by atoms with van der Waals surface area (Å²) in [5.74, 6) is 2.75. The molecule has 0 radical (unpaired) electrons. The fourth-order valence-corrected chi connectivity index (χ4v) is 5.41. The Kier molecular flexibility index (Phi) is 11.9. The summed E-state index contributed by atoms with van der Waals surface area (Å²) >= 11 is 0. The first-order valence-corrected chi connectivity index (χ1v) is 14.1. The van der Waals surface area contributed by atoms with E-state index in [1.807, 2.05) is 0 Å². The third kappa shape index (κ3) is 9.19. The SMILES string of the molecule is CCCCCCCOc1ccc(-c2ccc(C3CCC(CCCCCCC)CC3)cc2)cc1. The molecule has 0 unspecified atom stereocenters. The molecule has 1 saturated carbocycles. The summed E-state index contributed by atoms with van der Waals surface area (Å²) in [6.07, 6.45) is 20.6. The van der Waals surface area contributed by atoms with E-state index in [9.17, 15) is 0 Å². The molecule has 1 aliphatic rings. The molecule has 0 N–H and O–H groups in total. The van der Waals surface area contributed by atoms with Crippen molar-refractivity contribution in [1.29, 1.82) is 0 Å². The highest BCUT2D eigenvalue weighted by atomic mass is 16.5. The standard InChI is InChI=1S/C32H48O/c1-3-5-7-9-11-13-27-14-16-28(17-15-27)29-18-20-30(21-19-29)31-22-24-32(25-23-31)33-26-12-10-8-6-4-2/h18-25,27-28H,3-17,26H2,1-2H3. The number of rotatable bonds is 15. The molecule has 0 saturated heterocycles. The topological polar surface area (TPSA) is 9.23 Å². The molecular formula is C32H48O. The van der Waals surface area contributed by atoms with Gasteiger partial charge < -0.3 is 4.74 Å². The van der Waals surface area contributed by atoms with Gasteiger partial charge in [0.25, 0.3) is 0 Å². The summed E-state index contributed by atoms with van der Waals surface area (Å²) in [5, 5.41) is 0. The molecule has 1 fully saturated rings. The van der Waals surface area contributed by atoms with Crippen LogP contribution in [0.1, 0.15) is 122 Å². The van der Waals surface area contributed by atoms with Gasteiger partial charge in [-0.1, -0.05) is 114 Å². The van der Waals surface area contributed by atoms with Crippen molar-refractivity contribution in [2.75, 3.05) is 6.61 Å². The van der Waals surface area contributed by atoms with E-state index in [-0.39, 0.29) is 0 Å². The quantitative estimate of drug-likeness (QED) is 0.246. The lowest BCUT2D eigenvalue weighted by Crippen LogP contribution is -2.13. The van der Waals surface area contributed by atoms with Crippen molar-refractivity contribution in [1.82, 2.24) is 0 Å². The summed E-state index contributed by atoms with van der Waals surface area (Å²) < 4.78 is 5.93. The van der Waals surface area contributed by atoms with E-state index in [1.165, 1.54) is 101 Å². The third-order valence-corrected chi connectivity index (χ3v) is 7.65. The van der Waals surface area contributed by atoms with Gasteiger partial charge in [0.1, 0.15) is 5.75 Å². The smallest absolute Gasteiger partial charge is 0.119 e. The van der Waals surface area contributed by atoms with Crippen LogP contribution in [0.3, 0.4) is 0 Å². The van der Waals surface area contributed by atoms with E-state index in [1.54, 1.807) is 5.56 Å². The zero-order chi connectivity index (χ0) is 23.1. The third-order valence-electron chi connectivity index (χ3n) is 7.65. The lowest BCUT2D eigenvalue weighted by Gasteiger charge is -2.29. The van der Waals surface area contributed by atoms with E-state index in [4.69, 9.17) is 4.74 Å². The molecule has 182 valence electrons. The molecule has 1 nitrogen and oxygen atoms in total. The maximum atomic E-state index is 5.93. The lowest BCUT2D eigenvalue weighted by molar-refractivity contribution is 0.302. The van der Waals surface area contributed by atoms with Gasteiger partial charge in [-0.15, -0.1) is 0 Å². The average molecular weight is 449 g/mol. The summed E-state index contributed by atoms with van der Waals surface area (Å²) in [4.78, 5) is 0. The van der Waals surface area contributed by atoms with Gasteiger partial charge in [-0.3, -0.25) is 0 Å². The van der Waals surface area contributed by atoms with E-state index >= 15 is 0 Å². The second kappa shape index (κ2) is 15.2. The second-order valence-electron chi connectivity index (χ2n) is 10.3. The van der Waals surface area contributed by atoms with Gasteiger partial charge in [0, 0.05) is 0 Å². The molecule has 1 heteroatoms. The molecule has 33 heavy (non-hydrogen) atoms. The number of hydrogen-bond donors (Lipinski definition) is 0. The molecular weight excluding hydrogens is 400 g/mol. The Balaban J connectivity index is 1.39. The normalized spacial score (nSPS) is 18.4.